The van der Waals surface area contributed by atoms with Gasteiger partial charge in [-0.1, -0.05) is 37.6 Å². The molecule has 0 spiro atoms. The van der Waals surface area contributed by atoms with Crippen molar-refractivity contribution in [1.82, 2.24) is 9.97 Å². The lowest BCUT2D eigenvalue weighted by Gasteiger charge is -2.11. The van der Waals surface area contributed by atoms with E-state index in [2.05, 4.69) is 28.5 Å². The highest BCUT2D eigenvalue weighted by Crippen LogP contribution is 2.21. The molecule has 1 N–H and O–H groups in total. The molecule has 2 rings (SSSR count). The van der Waals surface area contributed by atoms with Gasteiger partial charge in [0.1, 0.15) is 5.15 Å². The van der Waals surface area contributed by atoms with Crippen LogP contribution >= 0.6 is 11.6 Å². The largest absolute Gasteiger partial charge is 0.263 e. The first kappa shape index (κ1) is 15.7. The van der Waals surface area contributed by atoms with Crippen LogP contribution in [0.5, 0.6) is 0 Å². The van der Waals surface area contributed by atoms with E-state index in [4.69, 9.17) is 11.6 Å². The van der Waals surface area contributed by atoms with Gasteiger partial charge in [-0.05, 0) is 30.0 Å². The maximum atomic E-state index is 12.2. The summed E-state index contributed by atoms with van der Waals surface area (Å²) < 4.78 is 26.8. The summed E-state index contributed by atoms with van der Waals surface area (Å²) in [5, 5.41) is 0.127. The number of rotatable bonds is 5. The summed E-state index contributed by atoms with van der Waals surface area (Å²) in [7, 11) is -3.69. The van der Waals surface area contributed by atoms with E-state index in [-0.39, 0.29) is 15.9 Å². The number of sulfonamides is 1. The second kappa shape index (κ2) is 6.41. The zero-order valence-corrected chi connectivity index (χ0v) is 13.3. The molecule has 0 radical (unpaired) electrons. The van der Waals surface area contributed by atoms with Gasteiger partial charge in [-0.2, -0.15) is 0 Å². The lowest BCUT2D eigenvalue weighted by molar-refractivity contribution is 0.601. The first-order valence-electron chi connectivity index (χ1n) is 6.52. The molecule has 0 saturated carbocycles. The average Bonchev–Trinajstić information content (AvgIpc) is 2.46. The van der Waals surface area contributed by atoms with Gasteiger partial charge in [0, 0.05) is 0 Å². The van der Waals surface area contributed by atoms with Gasteiger partial charge in [0.05, 0.1) is 17.3 Å². The quantitative estimate of drug-likeness (QED) is 0.914. The molecule has 1 aromatic carbocycles. The topological polar surface area (TPSA) is 72.0 Å². The number of nitrogens with zero attached hydrogens (tertiary/aromatic N) is 2. The Kier molecular flexibility index (Phi) is 4.80. The Balaban J connectivity index is 2.23. The van der Waals surface area contributed by atoms with Gasteiger partial charge in [-0.15, -0.1) is 0 Å². The van der Waals surface area contributed by atoms with Gasteiger partial charge >= 0.3 is 0 Å². The van der Waals surface area contributed by atoms with Crippen LogP contribution in [0.2, 0.25) is 5.15 Å². The molecule has 21 heavy (non-hydrogen) atoms. The van der Waals surface area contributed by atoms with Crippen LogP contribution in [0, 0.1) is 0 Å². The normalized spacial score (nSPS) is 12.9. The second-order valence-corrected chi connectivity index (χ2v) is 6.78. The molecule has 2 aromatic rings. The molecule has 0 amide bonds. The summed E-state index contributed by atoms with van der Waals surface area (Å²) >= 11 is 5.68. The Morgan fingerprint density at radius 1 is 1.24 bits per heavy atom. The van der Waals surface area contributed by atoms with Crippen LogP contribution in [0.4, 0.5) is 5.82 Å². The van der Waals surface area contributed by atoms with Gasteiger partial charge in [-0.3, -0.25) is 9.71 Å². The highest BCUT2D eigenvalue weighted by molar-refractivity contribution is 7.92. The van der Waals surface area contributed by atoms with E-state index in [1.165, 1.54) is 12.4 Å². The van der Waals surface area contributed by atoms with E-state index in [9.17, 15) is 8.42 Å². The molecule has 0 aliphatic rings. The fraction of sp³-hybridized carbons (Fsp3) is 0.286. The van der Waals surface area contributed by atoms with Crippen LogP contribution in [0.1, 0.15) is 31.7 Å². The van der Waals surface area contributed by atoms with Gasteiger partial charge < -0.3 is 0 Å². The first-order chi connectivity index (χ1) is 9.92. The van der Waals surface area contributed by atoms with Crippen molar-refractivity contribution in [2.24, 2.45) is 0 Å². The van der Waals surface area contributed by atoms with E-state index in [0.29, 0.717) is 5.92 Å². The van der Waals surface area contributed by atoms with Gasteiger partial charge in [0.15, 0.2) is 5.82 Å². The minimum Gasteiger partial charge on any atom is -0.262 e. The van der Waals surface area contributed by atoms with Crippen molar-refractivity contribution < 1.29 is 8.42 Å². The average molecular weight is 326 g/mol. The minimum atomic E-state index is -3.69. The fourth-order valence-corrected chi connectivity index (χ4v) is 2.93. The molecule has 1 aromatic heterocycles. The van der Waals surface area contributed by atoms with E-state index >= 15 is 0 Å². The van der Waals surface area contributed by atoms with Gasteiger partial charge in [-0.25, -0.2) is 13.4 Å². The second-order valence-electron chi connectivity index (χ2n) is 4.71. The number of hydrogen-bond donors (Lipinski definition) is 1. The summed E-state index contributed by atoms with van der Waals surface area (Å²) in [5.74, 6) is 0.488. The van der Waals surface area contributed by atoms with Gasteiger partial charge in [0.2, 0.25) is 0 Å². The molecule has 5 nitrogen and oxygen atoms in total. The Morgan fingerprint density at radius 3 is 2.48 bits per heavy atom. The monoisotopic (exact) mass is 325 g/mol. The van der Waals surface area contributed by atoms with E-state index < -0.39 is 10.0 Å². The summed E-state index contributed by atoms with van der Waals surface area (Å²) in [6.45, 7) is 4.19. The number of nitrogens with one attached hydrogen (secondary N) is 1. The Labute approximate surface area is 129 Å². The van der Waals surface area contributed by atoms with Crippen molar-refractivity contribution in [3.05, 3.63) is 47.4 Å². The highest BCUT2D eigenvalue weighted by atomic mass is 35.5. The summed E-state index contributed by atoms with van der Waals surface area (Å²) in [6, 6.07) is 6.82. The Morgan fingerprint density at radius 2 is 1.90 bits per heavy atom. The summed E-state index contributed by atoms with van der Waals surface area (Å²) in [4.78, 5) is 7.82. The fourth-order valence-electron chi connectivity index (χ4n) is 1.80. The van der Waals surface area contributed by atoms with Crippen molar-refractivity contribution in [2.45, 2.75) is 31.1 Å². The molecule has 0 fully saturated rings. The predicted molar refractivity (Wildman–Crippen MR) is 83.0 cm³/mol. The third-order valence-corrected chi connectivity index (χ3v) is 4.77. The number of hydrogen-bond acceptors (Lipinski definition) is 4. The SMILES string of the molecule is CCC(C)c1ccc(S(=O)(=O)Nc2cncc(Cl)n2)cc1. The lowest BCUT2D eigenvalue weighted by Crippen LogP contribution is -2.14. The maximum Gasteiger partial charge on any atom is 0.263 e. The van der Waals surface area contributed by atoms with Crippen LogP contribution < -0.4 is 4.72 Å². The van der Waals surface area contributed by atoms with Crippen LogP contribution in [0.3, 0.4) is 0 Å². The standard InChI is InChI=1S/C14H16ClN3O2S/c1-3-10(2)11-4-6-12(7-5-11)21(19,20)18-14-9-16-8-13(15)17-14/h4-10H,3H2,1-2H3,(H,17,18). The number of benzene rings is 1. The molecule has 0 aliphatic carbocycles. The smallest absolute Gasteiger partial charge is 0.262 e. The van der Waals surface area contributed by atoms with Crippen LogP contribution in [0.15, 0.2) is 41.6 Å². The van der Waals surface area contributed by atoms with Crippen molar-refractivity contribution in [3.8, 4) is 0 Å². The Hall–Kier alpha value is -1.66. The van der Waals surface area contributed by atoms with Crippen LogP contribution in [-0.4, -0.2) is 18.4 Å². The number of anilines is 1. The molecule has 1 atom stereocenters. The zero-order chi connectivity index (χ0) is 15.5. The third-order valence-electron chi connectivity index (χ3n) is 3.22. The molecule has 1 unspecified atom stereocenters. The third kappa shape index (κ3) is 3.92. The molecule has 1 heterocycles. The van der Waals surface area contributed by atoms with Crippen LogP contribution in [-0.2, 0) is 10.0 Å². The zero-order valence-electron chi connectivity index (χ0n) is 11.7. The van der Waals surface area contributed by atoms with Crippen molar-refractivity contribution in [1.29, 1.82) is 0 Å². The van der Waals surface area contributed by atoms with Gasteiger partial charge in [0.25, 0.3) is 10.0 Å². The van der Waals surface area contributed by atoms with Crippen molar-refractivity contribution in [3.63, 3.8) is 0 Å². The highest BCUT2D eigenvalue weighted by Gasteiger charge is 2.15. The molecule has 7 heteroatoms. The number of aromatic nitrogens is 2. The molecule has 112 valence electrons. The van der Waals surface area contributed by atoms with Crippen LogP contribution in [0.25, 0.3) is 0 Å². The van der Waals surface area contributed by atoms with E-state index in [0.717, 1.165) is 12.0 Å². The Bertz CT molecular complexity index is 717. The molecule has 0 bridgehead atoms. The predicted octanol–water partition coefficient (Wildman–Crippen LogP) is 3.44. The maximum absolute atomic E-state index is 12.2. The molecule has 0 saturated heterocycles. The van der Waals surface area contributed by atoms with E-state index in [1.807, 2.05) is 12.1 Å². The number of halogens is 1. The molecule has 0 aliphatic heterocycles. The summed E-state index contributed by atoms with van der Waals surface area (Å²) in [5.41, 5.74) is 1.11. The minimum absolute atomic E-state index is 0.0912. The first-order valence-corrected chi connectivity index (χ1v) is 8.39. The van der Waals surface area contributed by atoms with Crippen molar-refractivity contribution >= 4 is 27.4 Å². The van der Waals surface area contributed by atoms with Crippen molar-refractivity contribution in [2.75, 3.05) is 4.72 Å². The van der Waals surface area contributed by atoms with E-state index in [1.54, 1.807) is 12.1 Å². The molecular formula is C14H16ClN3O2S. The summed E-state index contributed by atoms with van der Waals surface area (Å²) in [6.07, 6.45) is 3.64. The molecular weight excluding hydrogens is 310 g/mol. The lowest BCUT2D eigenvalue weighted by atomic mass is 9.99.